The number of hydrogen-bond donors (Lipinski definition) is 0. The lowest BCUT2D eigenvalue weighted by atomic mass is 10.0. The number of halogens is 1. The summed E-state index contributed by atoms with van der Waals surface area (Å²) in [6.45, 7) is 12.5. The topological polar surface area (TPSA) is 84.0 Å². The van der Waals surface area contributed by atoms with Crippen LogP contribution in [0.1, 0.15) is 69.2 Å². The molecule has 1 unspecified atom stereocenters. The Bertz CT molecular complexity index is 1460. The fraction of sp³-hybridized carbons (Fsp3) is 0.400. The van der Waals surface area contributed by atoms with Crippen molar-refractivity contribution >= 4 is 25.7 Å². The summed E-state index contributed by atoms with van der Waals surface area (Å²) in [5.41, 5.74) is 1.72. The first-order valence-corrected chi connectivity index (χ1v) is 16.4. The van der Waals surface area contributed by atoms with E-state index in [4.69, 9.17) is 4.74 Å². The predicted molar refractivity (Wildman–Crippen MR) is 155 cm³/mol. The molecule has 0 saturated carbocycles. The van der Waals surface area contributed by atoms with Crippen molar-refractivity contribution in [1.82, 2.24) is 4.90 Å². The maximum Gasteiger partial charge on any atom is 0.277 e. The minimum Gasteiger partial charge on any atom is -0.371 e. The molecule has 0 spiro atoms. The number of hydrogen-bond acceptors (Lipinski definition) is 6. The highest BCUT2D eigenvalue weighted by Gasteiger charge is 2.39. The highest BCUT2D eigenvalue weighted by atomic mass is 32.3. The molecule has 4 rings (SSSR count). The van der Waals surface area contributed by atoms with Crippen molar-refractivity contribution < 1.29 is 26.0 Å². The summed E-state index contributed by atoms with van der Waals surface area (Å²) in [7, 11) is -9.47. The molecule has 0 aromatic heterocycles. The molecule has 40 heavy (non-hydrogen) atoms. The van der Waals surface area contributed by atoms with E-state index in [0.29, 0.717) is 18.7 Å². The fourth-order valence-corrected chi connectivity index (χ4v) is 8.40. The Morgan fingerprint density at radius 1 is 0.850 bits per heavy atom. The second kappa shape index (κ2) is 12.0. The van der Waals surface area contributed by atoms with E-state index in [-0.39, 0.29) is 25.3 Å². The standard InChI is InChI=1S/C30H37FN2O5S2/c1-6-32-17-18-38-30(20-32)25-11-16-29(28(31)19-25)33(39(34,35)26-12-7-23(8-13-26)21(2)3)40(36,37)27-14-9-24(10-15-27)22(4)5/h7-16,19,21-22,30H,6,17-18,20H2,1-5H3. The van der Waals surface area contributed by atoms with Crippen molar-refractivity contribution in [3.8, 4) is 0 Å². The van der Waals surface area contributed by atoms with E-state index in [1.54, 1.807) is 24.3 Å². The van der Waals surface area contributed by atoms with Crippen LogP contribution < -0.4 is 3.71 Å². The van der Waals surface area contributed by atoms with Gasteiger partial charge < -0.3 is 4.74 Å². The summed E-state index contributed by atoms with van der Waals surface area (Å²) in [5, 5.41) is 0. The number of morpholine rings is 1. The van der Waals surface area contributed by atoms with Crippen LogP contribution in [0, 0.1) is 5.82 Å². The molecular formula is C30H37FN2O5S2. The lowest BCUT2D eigenvalue weighted by Gasteiger charge is -2.32. The minimum atomic E-state index is -4.74. The zero-order valence-electron chi connectivity index (χ0n) is 23.5. The molecule has 0 amide bonds. The number of nitrogens with zero attached hydrogens (tertiary/aromatic N) is 2. The van der Waals surface area contributed by atoms with Gasteiger partial charge in [-0.1, -0.05) is 65.0 Å². The van der Waals surface area contributed by atoms with Crippen molar-refractivity contribution in [3.05, 3.63) is 89.2 Å². The average Bonchev–Trinajstić information content (AvgIpc) is 2.94. The first kappa shape index (κ1) is 30.2. The summed E-state index contributed by atoms with van der Waals surface area (Å²) in [6, 6.07) is 15.9. The van der Waals surface area contributed by atoms with Gasteiger partial charge in [0.2, 0.25) is 0 Å². The molecule has 0 aliphatic carbocycles. The summed E-state index contributed by atoms with van der Waals surface area (Å²) in [6.07, 6.45) is -0.411. The molecule has 7 nitrogen and oxygen atoms in total. The van der Waals surface area contributed by atoms with E-state index in [1.165, 1.54) is 42.5 Å². The zero-order chi connectivity index (χ0) is 29.2. The van der Waals surface area contributed by atoms with Gasteiger partial charge in [-0.2, -0.15) is 3.71 Å². The molecule has 1 aliphatic rings. The van der Waals surface area contributed by atoms with E-state index in [0.717, 1.165) is 24.2 Å². The SMILES string of the molecule is CCN1CCOC(c2ccc(N(S(=O)(=O)c3ccc(C(C)C)cc3)S(=O)(=O)c3ccc(C(C)C)cc3)c(F)c2)C1. The van der Waals surface area contributed by atoms with E-state index < -0.39 is 37.7 Å². The van der Waals surface area contributed by atoms with Crippen LogP contribution in [-0.2, 0) is 24.8 Å². The van der Waals surface area contributed by atoms with Crippen LogP contribution in [0.4, 0.5) is 10.1 Å². The summed E-state index contributed by atoms with van der Waals surface area (Å²) in [4.78, 5) is 1.66. The molecular weight excluding hydrogens is 551 g/mol. The third-order valence-corrected chi connectivity index (χ3v) is 11.4. The van der Waals surface area contributed by atoms with Crippen molar-refractivity contribution in [3.63, 3.8) is 0 Å². The second-order valence-electron chi connectivity index (χ2n) is 10.6. The lowest BCUT2D eigenvalue weighted by Crippen LogP contribution is -2.38. The van der Waals surface area contributed by atoms with Gasteiger partial charge in [-0.3, -0.25) is 4.90 Å². The highest BCUT2D eigenvalue weighted by molar-refractivity contribution is 8.10. The van der Waals surface area contributed by atoms with Gasteiger partial charge in [-0.05, 0) is 71.5 Å². The molecule has 3 aromatic carbocycles. The maximum atomic E-state index is 15.8. The monoisotopic (exact) mass is 588 g/mol. The molecule has 0 radical (unpaired) electrons. The van der Waals surface area contributed by atoms with E-state index in [1.807, 2.05) is 34.6 Å². The van der Waals surface area contributed by atoms with E-state index >= 15 is 4.39 Å². The van der Waals surface area contributed by atoms with Crippen molar-refractivity contribution in [1.29, 1.82) is 0 Å². The average molecular weight is 589 g/mol. The van der Waals surface area contributed by atoms with Crippen molar-refractivity contribution in [2.75, 3.05) is 30.0 Å². The normalized spacial score (nSPS) is 16.9. The first-order chi connectivity index (χ1) is 18.9. The van der Waals surface area contributed by atoms with Crippen LogP contribution in [0.2, 0.25) is 0 Å². The molecule has 3 aromatic rings. The van der Waals surface area contributed by atoms with Gasteiger partial charge in [-0.25, -0.2) is 21.2 Å². The second-order valence-corrected chi connectivity index (χ2v) is 14.4. The lowest BCUT2D eigenvalue weighted by molar-refractivity contribution is -0.0282. The highest BCUT2D eigenvalue weighted by Crippen LogP contribution is 2.35. The maximum absolute atomic E-state index is 15.8. The summed E-state index contributed by atoms with van der Waals surface area (Å²) >= 11 is 0. The van der Waals surface area contributed by atoms with Crippen LogP contribution in [0.3, 0.4) is 0 Å². The smallest absolute Gasteiger partial charge is 0.277 e. The fourth-order valence-electron chi connectivity index (χ4n) is 4.69. The van der Waals surface area contributed by atoms with Gasteiger partial charge in [0, 0.05) is 13.1 Å². The van der Waals surface area contributed by atoms with Gasteiger partial charge in [-0.15, -0.1) is 0 Å². The number of likely N-dealkylation sites (N-methyl/N-ethyl adjacent to an activating group) is 1. The first-order valence-electron chi connectivity index (χ1n) is 13.5. The van der Waals surface area contributed by atoms with Crippen LogP contribution >= 0.6 is 0 Å². The minimum absolute atomic E-state index is 0.145. The van der Waals surface area contributed by atoms with E-state index in [2.05, 4.69) is 4.90 Å². The molecule has 1 aliphatic heterocycles. The number of ether oxygens (including phenoxy) is 1. The van der Waals surface area contributed by atoms with Gasteiger partial charge in [0.15, 0.2) is 0 Å². The van der Waals surface area contributed by atoms with Crippen molar-refractivity contribution in [2.45, 2.75) is 62.3 Å². The zero-order valence-corrected chi connectivity index (χ0v) is 25.2. The molecule has 0 bridgehead atoms. The Balaban J connectivity index is 1.84. The van der Waals surface area contributed by atoms with Crippen molar-refractivity contribution in [2.24, 2.45) is 0 Å². The van der Waals surface area contributed by atoms with E-state index in [9.17, 15) is 16.8 Å². The number of rotatable bonds is 9. The molecule has 1 heterocycles. The molecule has 216 valence electrons. The predicted octanol–water partition coefficient (Wildman–Crippen LogP) is 6.05. The van der Waals surface area contributed by atoms with Crippen LogP contribution in [-0.4, -0.2) is 48.0 Å². The molecule has 1 saturated heterocycles. The van der Waals surface area contributed by atoms with Crippen LogP contribution in [0.25, 0.3) is 0 Å². The molecule has 1 atom stereocenters. The molecule has 0 N–H and O–H groups in total. The van der Waals surface area contributed by atoms with Crippen LogP contribution in [0.5, 0.6) is 0 Å². The summed E-state index contributed by atoms with van der Waals surface area (Å²) < 4.78 is 77.8. The van der Waals surface area contributed by atoms with Gasteiger partial charge in [0.25, 0.3) is 20.0 Å². The number of benzene rings is 3. The van der Waals surface area contributed by atoms with Gasteiger partial charge >= 0.3 is 0 Å². The quantitative estimate of drug-likeness (QED) is 0.303. The Kier molecular flexibility index (Phi) is 9.04. The third kappa shape index (κ3) is 6.10. The number of sulfonamides is 2. The third-order valence-electron chi connectivity index (χ3n) is 7.26. The Morgan fingerprint density at radius 3 is 1.77 bits per heavy atom. The van der Waals surface area contributed by atoms with Crippen LogP contribution in [0.15, 0.2) is 76.5 Å². The Hall–Kier alpha value is -2.79. The summed E-state index contributed by atoms with van der Waals surface area (Å²) in [5.74, 6) is -0.683. The number of anilines is 1. The van der Waals surface area contributed by atoms with Gasteiger partial charge in [0.1, 0.15) is 11.5 Å². The Morgan fingerprint density at radius 2 is 1.35 bits per heavy atom. The largest absolute Gasteiger partial charge is 0.371 e. The molecule has 10 heteroatoms. The van der Waals surface area contributed by atoms with Gasteiger partial charge in [0.05, 0.1) is 22.5 Å². The Labute approximate surface area is 237 Å². The molecule has 1 fully saturated rings.